The van der Waals surface area contributed by atoms with Gasteiger partial charge in [-0.2, -0.15) is 18.3 Å². The normalized spacial score (nSPS) is 11.8. The number of ether oxygens (including phenoxy) is 1. The van der Waals surface area contributed by atoms with Crippen molar-refractivity contribution < 1.29 is 22.7 Å². The van der Waals surface area contributed by atoms with E-state index in [2.05, 4.69) is 31.0 Å². The van der Waals surface area contributed by atoms with Crippen molar-refractivity contribution in [2.45, 2.75) is 40.4 Å². The Bertz CT molecular complexity index is 1520. The third-order valence-corrected chi connectivity index (χ3v) is 6.38. The van der Waals surface area contributed by atoms with Crippen LogP contribution in [0.1, 0.15) is 46.7 Å². The van der Waals surface area contributed by atoms with E-state index in [1.807, 2.05) is 27.8 Å². The summed E-state index contributed by atoms with van der Waals surface area (Å²) in [6.45, 7) is 8.38. The summed E-state index contributed by atoms with van der Waals surface area (Å²) in [4.78, 5) is 17.5. The summed E-state index contributed by atoms with van der Waals surface area (Å²) >= 11 is 0. The molecular formula is C27H31F3N8O2. The summed E-state index contributed by atoms with van der Waals surface area (Å²) in [5.41, 5.74) is 2.82. The fraction of sp³-hybridized carbons (Fsp3) is 0.370. The van der Waals surface area contributed by atoms with Crippen LogP contribution < -0.4 is 15.4 Å². The van der Waals surface area contributed by atoms with E-state index >= 15 is 0 Å². The summed E-state index contributed by atoms with van der Waals surface area (Å²) in [6, 6.07) is 3.90. The molecule has 0 unspecified atom stereocenters. The van der Waals surface area contributed by atoms with Gasteiger partial charge in [0.1, 0.15) is 11.4 Å². The lowest BCUT2D eigenvalue weighted by Gasteiger charge is -2.19. The molecule has 1 aromatic carbocycles. The van der Waals surface area contributed by atoms with Crippen LogP contribution in [0.15, 0.2) is 36.8 Å². The van der Waals surface area contributed by atoms with Gasteiger partial charge in [-0.3, -0.25) is 14.5 Å². The SMILES string of the molecule is COc1c(CNCC(C)C)cc(NC(=O)c2cnc(C)c(-n3cc(-c4cnn(C)c4C)nn3)c2)cc1C(F)(F)F. The molecule has 2 N–H and O–H groups in total. The maximum Gasteiger partial charge on any atom is 0.420 e. The molecule has 0 aliphatic heterocycles. The number of benzene rings is 1. The number of aryl methyl sites for hydroxylation is 2. The number of hydrogen-bond acceptors (Lipinski definition) is 7. The Balaban J connectivity index is 1.64. The van der Waals surface area contributed by atoms with E-state index in [4.69, 9.17) is 4.74 Å². The third-order valence-electron chi connectivity index (χ3n) is 6.38. The van der Waals surface area contributed by atoms with Crippen LogP contribution in [0.5, 0.6) is 5.75 Å². The van der Waals surface area contributed by atoms with Gasteiger partial charge in [-0.1, -0.05) is 19.1 Å². The summed E-state index contributed by atoms with van der Waals surface area (Å²) in [6.07, 6.45) is 0.0615. The molecule has 0 radical (unpaired) electrons. The highest BCUT2D eigenvalue weighted by molar-refractivity contribution is 6.04. The Morgan fingerprint density at radius 3 is 2.52 bits per heavy atom. The van der Waals surface area contributed by atoms with E-state index in [0.29, 0.717) is 29.5 Å². The zero-order valence-electron chi connectivity index (χ0n) is 23.1. The number of nitrogens with one attached hydrogen (secondary N) is 2. The van der Waals surface area contributed by atoms with Crippen LogP contribution in [0.25, 0.3) is 16.9 Å². The molecular weight excluding hydrogens is 525 g/mol. The number of methoxy groups -OCH3 is 1. The Morgan fingerprint density at radius 2 is 1.90 bits per heavy atom. The van der Waals surface area contributed by atoms with E-state index < -0.39 is 17.6 Å². The molecule has 4 rings (SSSR count). The lowest BCUT2D eigenvalue weighted by atomic mass is 10.1. The Labute approximate surface area is 229 Å². The van der Waals surface area contributed by atoms with Gasteiger partial charge >= 0.3 is 6.18 Å². The van der Waals surface area contributed by atoms with E-state index in [1.165, 1.54) is 24.1 Å². The standard InChI is InChI=1S/C27H31F3N8O2/c1-15(2)10-31-11-18-7-20(9-22(25(18)40-6)27(28,29)30)34-26(39)19-8-24(16(3)32-12-19)38-14-23(35-36-38)21-13-33-37(5)17(21)4/h7-9,12-15,31H,10-11H2,1-6H3,(H,34,39). The van der Waals surface area contributed by atoms with Gasteiger partial charge in [-0.25, -0.2) is 4.68 Å². The number of anilines is 1. The number of pyridine rings is 1. The molecule has 4 aromatic rings. The van der Waals surface area contributed by atoms with Gasteiger partial charge in [0, 0.05) is 42.3 Å². The van der Waals surface area contributed by atoms with E-state index in [9.17, 15) is 18.0 Å². The van der Waals surface area contributed by atoms with Crippen LogP contribution in [0.2, 0.25) is 0 Å². The van der Waals surface area contributed by atoms with Gasteiger partial charge in [0.2, 0.25) is 0 Å². The quantitative estimate of drug-likeness (QED) is 0.307. The Morgan fingerprint density at radius 1 is 1.15 bits per heavy atom. The number of carbonyl (C=O) groups excluding carboxylic acids is 1. The minimum atomic E-state index is -4.69. The zero-order chi connectivity index (χ0) is 29.2. The molecule has 0 spiro atoms. The number of alkyl halides is 3. The molecule has 3 heterocycles. The van der Waals surface area contributed by atoms with Crippen molar-refractivity contribution in [3.05, 3.63) is 64.9 Å². The van der Waals surface area contributed by atoms with E-state index in [0.717, 1.165) is 17.3 Å². The minimum Gasteiger partial charge on any atom is -0.496 e. The minimum absolute atomic E-state index is 0.0170. The predicted molar refractivity (Wildman–Crippen MR) is 143 cm³/mol. The smallest absolute Gasteiger partial charge is 0.420 e. The first-order chi connectivity index (χ1) is 18.9. The molecule has 0 aliphatic carbocycles. The van der Waals surface area contributed by atoms with Crippen LogP contribution in [-0.2, 0) is 19.8 Å². The van der Waals surface area contributed by atoms with Crippen molar-refractivity contribution >= 4 is 11.6 Å². The maximum atomic E-state index is 13.9. The van der Waals surface area contributed by atoms with Crippen molar-refractivity contribution in [3.63, 3.8) is 0 Å². The zero-order valence-corrected chi connectivity index (χ0v) is 23.1. The average molecular weight is 557 g/mol. The highest BCUT2D eigenvalue weighted by atomic mass is 19.4. The molecule has 0 saturated heterocycles. The number of halogens is 3. The van der Waals surface area contributed by atoms with Gasteiger partial charge in [0.15, 0.2) is 0 Å². The number of hydrogen-bond donors (Lipinski definition) is 2. The molecule has 0 bridgehead atoms. The van der Waals surface area contributed by atoms with Crippen LogP contribution in [-0.4, -0.2) is 49.3 Å². The number of amides is 1. The van der Waals surface area contributed by atoms with Gasteiger partial charge in [-0.05, 0) is 44.5 Å². The highest BCUT2D eigenvalue weighted by Crippen LogP contribution is 2.40. The molecule has 0 atom stereocenters. The van der Waals surface area contributed by atoms with Crippen molar-refractivity contribution in [1.29, 1.82) is 0 Å². The number of rotatable bonds is 9. The molecule has 0 fully saturated rings. The van der Waals surface area contributed by atoms with Gasteiger partial charge in [-0.15, -0.1) is 5.10 Å². The molecule has 0 aliphatic rings. The average Bonchev–Trinajstić information content (AvgIpc) is 3.50. The van der Waals surface area contributed by atoms with Gasteiger partial charge in [0.05, 0.1) is 42.0 Å². The lowest BCUT2D eigenvalue weighted by Crippen LogP contribution is -2.21. The summed E-state index contributed by atoms with van der Waals surface area (Å²) < 4.78 is 50.0. The molecule has 40 heavy (non-hydrogen) atoms. The van der Waals surface area contributed by atoms with Crippen LogP contribution >= 0.6 is 0 Å². The Kier molecular flexibility index (Phi) is 8.24. The van der Waals surface area contributed by atoms with Crippen LogP contribution in [0.4, 0.5) is 18.9 Å². The fourth-order valence-corrected chi connectivity index (χ4v) is 4.18. The summed E-state index contributed by atoms with van der Waals surface area (Å²) in [7, 11) is 3.02. The van der Waals surface area contributed by atoms with Crippen molar-refractivity contribution in [1.82, 2.24) is 35.1 Å². The molecule has 10 nitrogen and oxygen atoms in total. The van der Waals surface area contributed by atoms with E-state index in [1.54, 1.807) is 30.1 Å². The van der Waals surface area contributed by atoms with Gasteiger partial charge < -0.3 is 15.4 Å². The monoisotopic (exact) mass is 556 g/mol. The number of aromatic nitrogens is 6. The number of carbonyl (C=O) groups is 1. The lowest BCUT2D eigenvalue weighted by molar-refractivity contribution is -0.138. The van der Waals surface area contributed by atoms with Crippen molar-refractivity contribution in [2.24, 2.45) is 13.0 Å². The van der Waals surface area contributed by atoms with Crippen molar-refractivity contribution in [2.75, 3.05) is 19.0 Å². The first-order valence-corrected chi connectivity index (χ1v) is 12.6. The topological polar surface area (TPSA) is 112 Å². The number of nitrogens with zero attached hydrogens (tertiary/aromatic N) is 6. The van der Waals surface area contributed by atoms with E-state index in [-0.39, 0.29) is 29.1 Å². The summed E-state index contributed by atoms with van der Waals surface area (Å²) in [5.74, 6) is -0.614. The largest absolute Gasteiger partial charge is 0.496 e. The Hall–Kier alpha value is -4.26. The second-order valence-electron chi connectivity index (χ2n) is 9.84. The molecule has 13 heteroatoms. The first kappa shape index (κ1) is 28.7. The first-order valence-electron chi connectivity index (χ1n) is 12.6. The second-order valence-corrected chi connectivity index (χ2v) is 9.84. The molecule has 0 saturated carbocycles. The van der Waals surface area contributed by atoms with Crippen LogP contribution in [0, 0.1) is 19.8 Å². The highest BCUT2D eigenvalue weighted by Gasteiger charge is 2.36. The van der Waals surface area contributed by atoms with Crippen LogP contribution in [0.3, 0.4) is 0 Å². The maximum absolute atomic E-state index is 13.9. The molecule has 1 amide bonds. The predicted octanol–water partition coefficient (Wildman–Crippen LogP) is 4.70. The molecule has 3 aromatic heterocycles. The molecule has 212 valence electrons. The fourth-order valence-electron chi connectivity index (χ4n) is 4.18. The van der Waals surface area contributed by atoms with Gasteiger partial charge in [0.25, 0.3) is 5.91 Å². The summed E-state index contributed by atoms with van der Waals surface area (Å²) in [5, 5.41) is 18.3. The third kappa shape index (κ3) is 6.14. The second kappa shape index (κ2) is 11.5. The van der Waals surface area contributed by atoms with Crippen molar-refractivity contribution in [3.8, 4) is 22.7 Å².